The number of esters is 1. The summed E-state index contributed by atoms with van der Waals surface area (Å²) >= 11 is 5.16. The van der Waals surface area contributed by atoms with Gasteiger partial charge >= 0.3 is 5.97 Å². The molecule has 0 saturated carbocycles. The molecule has 5 nitrogen and oxygen atoms in total. The molecule has 0 aliphatic carbocycles. The van der Waals surface area contributed by atoms with Gasteiger partial charge in [-0.25, -0.2) is 4.79 Å². The Labute approximate surface area is 140 Å². The first-order chi connectivity index (χ1) is 11.1. The predicted molar refractivity (Wildman–Crippen MR) is 95.9 cm³/mol. The van der Waals surface area contributed by atoms with Gasteiger partial charge in [0, 0.05) is 5.69 Å². The normalized spacial score (nSPS) is 10.3. The molecule has 0 atom stereocenters. The molecule has 2 aromatic carbocycles. The van der Waals surface area contributed by atoms with Gasteiger partial charge in [0.05, 0.1) is 18.9 Å². The number of thiocarbonyl (C=S) groups is 1. The van der Waals surface area contributed by atoms with E-state index in [4.69, 9.17) is 12.2 Å². The second-order valence-corrected chi connectivity index (χ2v) is 5.22. The van der Waals surface area contributed by atoms with Crippen LogP contribution in [0.1, 0.15) is 21.5 Å². The van der Waals surface area contributed by atoms with E-state index in [0.29, 0.717) is 16.4 Å². The zero-order valence-corrected chi connectivity index (χ0v) is 13.7. The number of methoxy groups -OCH3 is 1. The van der Waals surface area contributed by atoms with E-state index in [1.54, 1.807) is 30.5 Å². The van der Waals surface area contributed by atoms with Crippen LogP contribution in [0, 0.1) is 6.92 Å². The number of benzene rings is 2. The van der Waals surface area contributed by atoms with E-state index in [1.165, 1.54) is 12.7 Å². The van der Waals surface area contributed by atoms with E-state index in [0.717, 1.165) is 5.56 Å². The molecule has 0 heterocycles. The van der Waals surface area contributed by atoms with Crippen LogP contribution in [0.4, 0.5) is 5.69 Å². The Hall–Kier alpha value is -2.73. The van der Waals surface area contributed by atoms with E-state index >= 15 is 0 Å². The van der Waals surface area contributed by atoms with Crippen LogP contribution in [0.3, 0.4) is 0 Å². The van der Waals surface area contributed by atoms with Crippen LogP contribution in [0.15, 0.2) is 53.6 Å². The van der Waals surface area contributed by atoms with Gasteiger partial charge in [0.25, 0.3) is 0 Å². The molecule has 6 heteroatoms. The van der Waals surface area contributed by atoms with Crippen molar-refractivity contribution in [2.75, 3.05) is 12.4 Å². The first-order valence-corrected chi connectivity index (χ1v) is 7.34. The number of ether oxygens (including phenoxy) is 1. The van der Waals surface area contributed by atoms with Gasteiger partial charge in [-0.1, -0.05) is 35.9 Å². The number of nitrogens with zero attached hydrogens (tertiary/aromatic N) is 1. The molecule has 0 amide bonds. The van der Waals surface area contributed by atoms with Crippen LogP contribution in [-0.4, -0.2) is 24.4 Å². The van der Waals surface area contributed by atoms with Crippen LogP contribution in [0.25, 0.3) is 0 Å². The van der Waals surface area contributed by atoms with Crippen molar-refractivity contribution in [3.63, 3.8) is 0 Å². The lowest BCUT2D eigenvalue weighted by atomic mass is 10.2. The number of nitrogens with one attached hydrogen (secondary N) is 2. The van der Waals surface area contributed by atoms with Crippen LogP contribution in [-0.2, 0) is 4.74 Å². The number of rotatable bonds is 4. The highest BCUT2D eigenvalue weighted by atomic mass is 32.1. The zero-order chi connectivity index (χ0) is 16.7. The Morgan fingerprint density at radius 3 is 2.65 bits per heavy atom. The number of carbonyl (C=O) groups is 1. The summed E-state index contributed by atoms with van der Waals surface area (Å²) in [6, 6.07) is 14.8. The molecule has 0 spiro atoms. The van der Waals surface area contributed by atoms with Crippen molar-refractivity contribution in [1.29, 1.82) is 0 Å². The SMILES string of the molecule is COC(=O)c1cccc(NC(=S)N/N=C/c2ccc(C)cc2)c1. The average molecular weight is 327 g/mol. The van der Waals surface area contributed by atoms with Gasteiger partial charge in [-0.05, 0) is 42.9 Å². The van der Waals surface area contributed by atoms with Crippen LogP contribution in [0.2, 0.25) is 0 Å². The highest BCUT2D eigenvalue weighted by Crippen LogP contribution is 2.11. The molecule has 0 saturated heterocycles. The molecular formula is C17H17N3O2S. The second kappa shape index (κ2) is 8.05. The predicted octanol–water partition coefficient (Wildman–Crippen LogP) is 3.10. The molecule has 0 radical (unpaired) electrons. The number of hydrogen-bond acceptors (Lipinski definition) is 4. The maximum atomic E-state index is 11.5. The second-order valence-electron chi connectivity index (χ2n) is 4.81. The number of hydrogen-bond donors (Lipinski definition) is 2. The fourth-order valence-electron chi connectivity index (χ4n) is 1.82. The van der Waals surface area contributed by atoms with Gasteiger partial charge < -0.3 is 10.1 Å². The van der Waals surface area contributed by atoms with E-state index in [-0.39, 0.29) is 0 Å². The summed E-state index contributed by atoms with van der Waals surface area (Å²) in [5, 5.41) is 7.36. The maximum absolute atomic E-state index is 11.5. The fourth-order valence-corrected chi connectivity index (χ4v) is 1.99. The number of aryl methyl sites for hydroxylation is 1. The van der Waals surface area contributed by atoms with Crippen molar-refractivity contribution in [1.82, 2.24) is 5.43 Å². The molecule has 2 rings (SSSR count). The summed E-state index contributed by atoms with van der Waals surface area (Å²) in [5.74, 6) is -0.398. The maximum Gasteiger partial charge on any atom is 0.337 e. The topological polar surface area (TPSA) is 62.7 Å². The highest BCUT2D eigenvalue weighted by molar-refractivity contribution is 7.80. The van der Waals surface area contributed by atoms with E-state index in [1.807, 2.05) is 31.2 Å². The average Bonchev–Trinajstić information content (AvgIpc) is 2.56. The van der Waals surface area contributed by atoms with Crippen LogP contribution >= 0.6 is 12.2 Å². The van der Waals surface area contributed by atoms with Crippen molar-refractivity contribution in [2.24, 2.45) is 5.10 Å². The summed E-state index contributed by atoms with van der Waals surface area (Å²) in [6.07, 6.45) is 1.68. The number of hydrazone groups is 1. The lowest BCUT2D eigenvalue weighted by molar-refractivity contribution is 0.0601. The summed E-state index contributed by atoms with van der Waals surface area (Å²) in [4.78, 5) is 11.5. The van der Waals surface area contributed by atoms with Crippen molar-refractivity contribution >= 4 is 35.2 Å². The van der Waals surface area contributed by atoms with Crippen molar-refractivity contribution in [3.8, 4) is 0 Å². The molecule has 0 unspecified atom stereocenters. The Balaban J connectivity index is 1.92. The number of anilines is 1. The van der Waals surface area contributed by atoms with Crippen molar-refractivity contribution < 1.29 is 9.53 Å². The van der Waals surface area contributed by atoms with Gasteiger partial charge in [0.15, 0.2) is 5.11 Å². The number of carbonyl (C=O) groups excluding carboxylic acids is 1. The largest absolute Gasteiger partial charge is 0.465 e. The van der Waals surface area contributed by atoms with E-state index in [2.05, 4.69) is 20.6 Å². The van der Waals surface area contributed by atoms with Crippen LogP contribution < -0.4 is 10.7 Å². The molecule has 0 aliphatic heterocycles. The van der Waals surface area contributed by atoms with Crippen molar-refractivity contribution in [2.45, 2.75) is 6.92 Å². The third kappa shape index (κ3) is 5.19. The molecule has 0 fully saturated rings. The van der Waals surface area contributed by atoms with Gasteiger partial charge in [-0.15, -0.1) is 0 Å². The van der Waals surface area contributed by atoms with Crippen molar-refractivity contribution in [3.05, 3.63) is 65.2 Å². The van der Waals surface area contributed by atoms with E-state index < -0.39 is 5.97 Å². The summed E-state index contributed by atoms with van der Waals surface area (Å²) in [5.41, 5.74) is 6.02. The Kier molecular flexibility index (Phi) is 5.82. The monoisotopic (exact) mass is 327 g/mol. The Morgan fingerprint density at radius 1 is 1.22 bits per heavy atom. The van der Waals surface area contributed by atoms with Gasteiger partial charge in [0.1, 0.15) is 0 Å². The minimum absolute atomic E-state index is 0.329. The molecule has 2 aromatic rings. The van der Waals surface area contributed by atoms with E-state index in [9.17, 15) is 4.79 Å². The standard InChI is InChI=1S/C17H17N3O2S/c1-12-6-8-13(9-7-12)11-18-20-17(23)19-15-5-3-4-14(10-15)16(21)22-2/h3-11H,1-2H3,(H2,19,20,23)/b18-11+. The molecule has 0 aromatic heterocycles. The summed E-state index contributed by atoms with van der Waals surface area (Å²) < 4.78 is 4.68. The van der Waals surface area contributed by atoms with Crippen LogP contribution in [0.5, 0.6) is 0 Å². The highest BCUT2D eigenvalue weighted by Gasteiger charge is 2.05. The minimum Gasteiger partial charge on any atom is -0.465 e. The lowest BCUT2D eigenvalue weighted by Gasteiger charge is -2.08. The molecular weight excluding hydrogens is 310 g/mol. The third-order valence-corrected chi connectivity index (χ3v) is 3.19. The quantitative estimate of drug-likeness (QED) is 0.391. The Morgan fingerprint density at radius 2 is 1.96 bits per heavy atom. The smallest absolute Gasteiger partial charge is 0.337 e. The third-order valence-electron chi connectivity index (χ3n) is 3.00. The molecule has 118 valence electrons. The first kappa shape index (κ1) is 16.6. The molecule has 0 aliphatic rings. The van der Waals surface area contributed by atoms with Gasteiger partial charge in [0.2, 0.25) is 0 Å². The minimum atomic E-state index is -0.398. The summed E-state index contributed by atoms with van der Waals surface area (Å²) in [6.45, 7) is 2.03. The Bertz CT molecular complexity index is 727. The fraction of sp³-hybridized carbons (Fsp3) is 0.118. The first-order valence-electron chi connectivity index (χ1n) is 6.93. The summed E-state index contributed by atoms with van der Waals surface area (Å²) in [7, 11) is 1.34. The zero-order valence-electron chi connectivity index (χ0n) is 12.9. The van der Waals surface area contributed by atoms with Gasteiger partial charge in [-0.3, -0.25) is 5.43 Å². The lowest BCUT2D eigenvalue weighted by Crippen LogP contribution is -2.24. The van der Waals surface area contributed by atoms with Gasteiger partial charge in [-0.2, -0.15) is 5.10 Å². The molecule has 0 bridgehead atoms. The molecule has 2 N–H and O–H groups in total. The molecule has 23 heavy (non-hydrogen) atoms.